The normalized spacial score (nSPS) is 16.6. The topological polar surface area (TPSA) is 77.2 Å². The fourth-order valence-electron chi connectivity index (χ4n) is 2.16. The molecule has 2 aromatic rings. The van der Waals surface area contributed by atoms with E-state index in [4.69, 9.17) is 16.3 Å². The van der Waals surface area contributed by atoms with Crippen LogP contribution in [0.2, 0.25) is 5.02 Å². The number of carbonyl (C=O) groups excluding carboxylic acids is 1. The van der Waals surface area contributed by atoms with Gasteiger partial charge in [-0.15, -0.1) is 0 Å². The molecule has 0 radical (unpaired) electrons. The van der Waals surface area contributed by atoms with Crippen LogP contribution < -0.4 is 10.1 Å². The first-order valence-electron chi connectivity index (χ1n) is 6.13. The Morgan fingerprint density at radius 1 is 1.50 bits per heavy atom. The molecule has 0 bridgehead atoms. The summed E-state index contributed by atoms with van der Waals surface area (Å²) < 4.78 is 10.1. The Morgan fingerprint density at radius 2 is 2.35 bits per heavy atom. The first kappa shape index (κ1) is 12.9. The molecule has 2 heterocycles. The molecule has 1 N–H and O–H groups in total. The summed E-state index contributed by atoms with van der Waals surface area (Å²) in [5, 5.41) is 10.8. The van der Waals surface area contributed by atoms with Gasteiger partial charge in [-0.1, -0.05) is 28.0 Å². The van der Waals surface area contributed by atoms with Gasteiger partial charge in [0.15, 0.2) is 0 Å². The number of nitrogens with zero attached hydrogens (tertiary/aromatic N) is 2. The van der Waals surface area contributed by atoms with Gasteiger partial charge in [-0.3, -0.25) is 4.79 Å². The fourth-order valence-corrected chi connectivity index (χ4v) is 2.46. The molecule has 1 aromatic carbocycles. The number of amides is 1. The van der Waals surface area contributed by atoms with Crippen LogP contribution in [0.1, 0.15) is 23.0 Å². The second kappa shape index (κ2) is 5.13. The molecular weight excluding hydrogens is 282 g/mol. The number of fused-ring (bicyclic) bond motifs is 1. The van der Waals surface area contributed by atoms with E-state index >= 15 is 0 Å². The van der Waals surface area contributed by atoms with Gasteiger partial charge >= 0.3 is 0 Å². The van der Waals surface area contributed by atoms with E-state index in [-0.39, 0.29) is 18.4 Å². The van der Waals surface area contributed by atoms with Crippen LogP contribution >= 0.6 is 11.6 Å². The number of carbonyl (C=O) groups is 1. The SMILES string of the molecule is Cc1nonc1CC(=O)NC1COc2cccc(Cl)c21. The molecule has 0 spiro atoms. The quantitative estimate of drug-likeness (QED) is 0.934. The predicted molar refractivity (Wildman–Crippen MR) is 70.6 cm³/mol. The van der Waals surface area contributed by atoms with Crippen molar-refractivity contribution in [2.24, 2.45) is 0 Å². The lowest BCUT2D eigenvalue weighted by molar-refractivity contribution is -0.121. The standard InChI is InChI=1S/C13H12ClN3O3/c1-7-9(17-20-16-7)5-12(18)15-10-6-19-11-4-2-3-8(14)13(10)11/h2-4,10H,5-6H2,1H3,(H,15,18). The Labute approximate surface area is 120 Å². The summed E-state index contributed by atoms with van der Waals surface area (Å²) in [5.41, 5.74) is 1.96. The fraction of sp³-hybridized carbons (Fsp3) is 0.308. The van der Waals surface area contributed by atoms with Crippen LogP contribution in [0, 0.1) is 6.92 Å². The maximum atomic E-state index is 12.0. The van der Waals surface area contributed by atoms with Crippen molar-refractivity contribution >= 4 is 17.5 Å². The molecular formula is C13H12ClN3O3. The highest BCUT2D eigenvalue weighted by molar-refractivity contribution is 6.31. The molecule has 6 nitrogen and oxygen atoms in total. The highest BCUT2D eigenvalue weighted by atomic mass is 35.5. The highest BCUT2D eigenvalue weighted by Gasteiger charge is 2.28. The third-order valence-electron chi connectivity index (χ3n) is 3.18. The van der Waals surface area contributed by atoms with Crippen molar-refractivity contribution in [3.63, 3.8) is 0 Å². The van der Waals surface area contributed by atoms with Crippen molar-refractivity contribution in [1.29, 1.82) is 0 Å². The molecule has 0 fully saturated rings. The molecule has 7 heteroatoms. The smallest absolute Gasteiger partial charge is 0.226 e. The van der Waals surface area contributed by atoms with Crippen LogP contribution in [0.5, 0.6) is 5.75 Å². The van der Waals surface area contributed by atoms with Crippen molar-refractivity contribution in [3.05, 3.63) is 40.2 Å². The van der Waals surface area contributed by atoms with E-state index in [0.717, 1.165) is 5.56 Å². The van der Waals surface area contributed by atoms with Gasteiger partial charge < -0.3 is 10.1 Å². The summed E-state index contributed by atoms with van der Waals surface area (Å²) in [5.74, 6) is 0.534. The van der Waals surface area contributed by atoms with E-state index in [2.05, 4.69) is 20.3 Å². The van der Waals surface area contributed by atoms with Crippen LogP contribution in [0.3, 0.4) is 0 Å². The molecule has 104 valence electrons. The van der Waals surface area contributed by atoms with E-state index in [1.54, 1.807) is 13.0 Å². The van der Waals surface area contributed by atoms with E-state index in [9.17, 15) is 4.79 Å². The zero-order valence-electron chi connectivity index (χ0n) is 10.7. The number of halogens is 1. The van der Waals surface area contributed by atoms with Gasteiger partial charge in [0.1, 0.15) is 23.7 Å². The van der Waals surface area contributed by atoms with Crippen molar-refractivity contribution < 1.29 is 14.2 Å². The molecule has 1 atom stereocenters. The zero-order valence-corrected chi connectivity index (χ0v) is 11.5. The average molecular weight is 294 g/mol. The summed E-state index contributed by atoms with van der Waals surface area (Å²) in [4.78, 5) is 12.0. The van der Waals surface area contributed by atoms with Crippen LogP contribution in [0.15, 0.2) is 22.8 Å². The molecule has 0 saturated carbocycles. The largest absolute Gasteiger partial charge is 0.491 e. The zero-order chi connectivity index (χ0) is 14.1. The van der Waals surface area contributed by atoms with Crippen LogP contribution in [-0.2, 0) is 11.2 Å². The van der Waals surface area contributed by atoms with Crippen LogP contribution in [-0.4, -0.2) is 22.8 Å². The molecule has 3 rings (SSSR count). The Hall–Kier alpha value is -2.08. The van der Waals surface area contributed by atoms with E-state index in [0.29, 0.717) is 28.8 Å². The molecule has 0 aliphatic carbocycles. The first-order valence-corrected chi connectivity index (χ1v) is 6.51. The van der Waals surface area contributed by atoms with Crippen molar-refractivity contribution in [1.82, 2.24) is 15.6 Å². The van der Waals surface area contributed by atoms with E-state index in [1.807, 2.05) is 12.1 Å². The van der Waals surface area contributed by atoms with Crippen molar-refractivity contribution in [3.8, 4) is 5.75 Å². The monoisotopic (exact) mass is 293 g/mol. The maximum Gasteiger partial charge on any atom is 0.226 e. The predicted octanol–water partition coefficient (Wildman–Crippen LogP) is 1.82. The van der Waals surface area contributed by atoms with Crippen molar-refractivity contribution in [2.75, 3.05) is 6.61 Å². The molecule has 0 saturated heterocycles. The number of benzene rings is 1. The van der Waals surface area contributed by atoms with Crippen molar-refractivity contribution in [2.45, 2.75) is 19.4 Å². The lowest BCUT2D eigenvalue weighted by Gasteiger charge is -2.12. The summed E-state index contributed by atoms with van der Waals surface area (Å²) in [6, 6.07) is 5.18. The summed E-state index contributed by atoms with van der Waals surface area (Å²) >= 11 is 6.15. The second-order valence-corrected chi connectivity index (χ2v) is 4.96. The molecule has 1 unspecified atom stereocenters. The number of ether oxygens (including phenoxy) is 1. The number of aromatic nitrogens is 2. The Bertz CT molecular complexity index is 656. The molecule has 1 amide bonds. The second-order valence-electron chi connectivity index (χ2n) is 4.56. The lowest BCUT2D eigenvalue weighted by atomic mass is 10.1. The van der Waals surface area contributed by atoms with Gasteiger partial charge in [-0.05, 0) is 19.1 Å². The number of rotatable bonds is 3. The molecule has 1 aliphatic rings. The Morgan fingerprint density at radius 3 is 3.10 bits per heavy atom. The minimum absolute atomic E-state index is 0.117. The van der Waals surface area contributed by atoms with E-state index in [1.165, 1.54) is 0 Å². The number of aryl methyl sites for hydroxylation is 1. The van der Waals surface area contributed by atoms with Crippen LogP contribution in [0.25, 0.3) is 0 Å². The van der Waals surface area contributed by atoms with E-state index < -0.39 is 0 Å². The minimum Gasteiger partial charge on any atom is -0.491 e. The highest BCUT2D eigenvalue weighted by Crippen LogP contribution is 2.37. The lowest BCUT2D eigenvalue weighted by Crippen LogP contribution is -2.31. The average Bonchev–Trinajstić information content (AvgIpc) is 2.98. The number of hydrogen-bond donors (Lipinski definition) is 1. The number of nitrogens with one attached hydrogen (secondary N) is 1. The van der Waals surface area contributed by atoms with Gasteiger partial charge in [0.25, 0.3) is 0 Å². The molecule has 1 aromatic heterocycles. The van der Waals surface area contributed by atoms with Gasteiger partial charge in [-0.2, -0.15) is 0 Å². The number of hydrogen-bond acceptors (Lipinski definition) is 5. The Balaban J connectivity index is 1.71. The third kappa shape index (κ3) is 2.34. The van der Waals surface area contributed by atoms with Crippen LogP contribution in [0.4, 0.5) is 0 Å². The first-order chi connectivity index (χ1) is 9.65. The molecule has 20 heavy (non-hydrogen) atoms. The van der Waals surface area contributed by atoms with Gasteiger partial charge in [-0.25, -0.2) is 4.63 Å². The summed E-state index contributed by atoms with van der Waals surface area (Å²) in [6.07, 6.45) is 0.117. The van der Waals surface area contributed by atoms with Gasteiger partial charge in [0.05, 0.1) is 12.5 Å². The maximum absolute atomic E-state index is 12.0. The summed E-state index contributed by atoms with van der Waals surface area (Å²) in [6.45, 7) is 2.12. The minimum atomic E-state index is -0.244. The Kier molecular flexibility index (Phi) is 3.31. The summed E-state index contributed by atoms with van der Waals surface area (Å²) in [7, 11) is 0. The van der Waals surface area contributed by atoms with Gasteiger partial charge in [0, 0.05) is 10.6 Å². The molecule has 1 aliphatic heterocycles. The van der Waals surface area contributed by atoms with Gasteiger partial charge in [0.2, 0.25) is 5.91 Å². The third-order valence-corrected chi connectivity index (χ3v) is 3.51.